The molecular weight excluding hydrogens is 354 g/mol. The van der Waals surface area contributed by atoms with Crippen molar-refractivity contribution in [1.82, 2.24) is 10.2 Å². The molecule has 1 aromatic heterocycles. The summed E-state index contributed by atoms with van der Waals surface area (Å²) in [6.07, 6.45) is 4.77. The fourth-order valence-corrected chi connectivity index (χ4v) is 3.99. The van der Waals surface area contributed by atoms with Gasteiger partial charge in [0.15, 0.2) is 5.17 Å². The molecule has 0 unspecified atom stereocenters. The Balaban J connectivity index is 1.88. The van der Waals surface area contributed by atoms with Gasteiger partial charge in [0, 0.05) is 17.4 Å². The van der Waals surface area contributed by atoms with E-state index in [-0.39, 0.29) is 5.17 Å². The summed E-state index contributed by atoms with van der Waals surface area (Å²) < 4.78 is 5.20. The van der Waals surface area contributed by atoms with Gasteiger partial charge >= 0.3 is 0 Å². The quantitative estimate of drug-likeness (QED) is 0.455. The maximum atomic E-state index is 7.77. The van der Waals surface area contributed by atoms with Crippen LogP contribution in [0.3, 0.4) is 0 Å². The lowest BCUT2D eigenvalue weighted by Crippen LogP contribution is -2.11. The minimum atomic E-state index is 0.166. The second-order valence-corrected chi connectivity index (χ2v) is 8.30. The summed E-state index contributed by atoms with van der Waals surface area (Å²) in [5.41, 5.74) is 7.85. The maximum Gasteiger partial charge on any atom is 0.216 e. The standard InChI is InChI=1S/C17H23N5OS2/c1-12(18)25-15(6-7-16-22-21-11-23-16)10-14-4-2-13(3-5-14)8-9-24-17(19)20/h2-5,11,15,18H,6-10H2,1H3,(H3,19,20)/t15-/m1/s1. The average molecular weight is 378 g/mol. The first-order valence-electron chi connectivity index (χ1n) is 8.04. The molecule has 0 saturated heterocycles. The van der Waals surface area contributed by atoms with Gasteiger partial charge in [0.2, 0.25) is 12.3 Å². The van der Waals surface area contributed by atoms with Gasteiger partial charge in [-0.1, -0.05) is 36.0 Å². The highest BCUT2D eigenvalue weighted by Gasteiger charge is 2.14. The van der Waals surface area contributed by atoms with E-state index in [4.69, 9.17) is 21.0 Å². The number of amidine groups is 1. The molecule has 4 N–H and O–H groups in total. The third-order valence-corrected chi connectivity index (χ3v) is 5.37. The largest absolute Gasteiger partial charge is 0.428 e. The lowest BCUT2D eigenvalue weighted by atomic mass is 10.0. The molecule has 0 saturated carbocycles. The molecule has 0 spiro atoms. The first-order valence-corrected chi connectivity index (χ1v) is 9.91. The molecule has 0 fully saturated rings. The number of rotatable bonds is 9. The third kappa shape index (κ3) is 7.74. The number of nitrogens with zero attached hydrogens (tertiary/aromatic N) is 2. The van der Waals surface area contributed by atoms with E-state index in [1.807, 2.05) is 6.92 Å². The van der Waals surface area contributed by atoms with Gasteiger partial charge in [0.05, 0.1) is 5.04 Å². The molecule has 8 heteroatoms. The highest BCUT2D eigenvalue weighted by atomic mass is 32.2. The van der Waals surface area contributed by atoms with Crippen LogP contribution in [0, 0.1) is 10.8 Å². The molecule has 134 valence electrons. The van der Waals surface area contributed by atoms with Crippen LogP contribution in [0.15, 0.2) is 35.1 Å². The van der Waals surface area contributed by atoms with E-state index >= 15 is 0 Å². The molecule has 0 bridgehead atoms. The summed E-state index contributed by atoms with van der Waals surface area (Å²) >= 11 is 2.96. The van der Waals surface area contributed by atoms with E-state index in [1.54, 1.807) is 11.8 Å². The van der Waals surface area contributed by atoms with Crippen molar-refractivity contribution >= 4 is 33.7 Å². The zero-order valence-electron chi connectivity index (χ0n) is 14.2. The predicted molar refractivity (Wildman–Crippen MR) is 106 cm³/mol. The van der Waals surface area contributed by atoms with Crippen molar-refractivity contribution in [2.24, 2.45) is 5.73 Å². The molecule has 1 heterocycles. The van der Waals surface area contributed by atoms with Gasteiger partial charge in [0.25, 0.3) is 0 Å². The summed E-state index contributed by atoms with van der Waals surface area (Å²) in [6.45, 7) is 1.82. The van der Waals surface area contributed by atoms with Crippen LogP contribution in [0.25, 0.3) is 0 Å². The van der Waals surface area contributed by atoms with Crippen molar-refractivity contribution in [2.75, 3.05) is 5.75 Å². The van der Waals surface area contributed by atoms with E-state index in [0.29, 0.717) is 16.2 Å². The summed E-state index contributed by atoms with van der Waals surface area (Å²) in [7, 11) is 0. The number of aromatic nitrogens is 2. The van der Waals surface area contributed by atoms with Gasteiger partial charge in [-0.2, -0.15) is 0 Å². The van der Waals surface area contributed by atoms with Crippen molar-refractivity contribution in [3.63, 3.8) is 0 Å². The predicted octanol–water partition coefficient (Wildman–Crippen LogP) is 3.51. The Labute approximate surface area is 156 Å². The Bertz CT molecular complexity index is 673. The summed E-state index contributed by atoms with van der Waals surface area (Å²) in [4.78, 5) is 0. The lowest BCUT2D eigenvalue weighted by molar-refractivity contribution is 0.483. The van der Waals surface area contributed by atoms with Gasteiger partial charge in [-0.05, 0) is 37.3 Å². The SMILES string of the molecule is CC(=N)S[C@H](CCc1nnco1)Cc1ccc(CCSC(=N)N)cc1. The number of nitrogens with one attached hydrogen (secondary N) is 2. The third-order valence-electron chi connectivity index (χ3n) is 3.56. The molecule has 0 aliphatic heterocycles. The maximum absolute atomic E-state index is 7.77. The number of aryl methyl sites for hydroxylation is 2. The van der Waals surface area contributed by atoms with Crippen LogP contribution in [-0.4, -0.2) is 31.4 Å². The van der Waals surface area contributed by atoms with E-state index in [0.717, 1.165) is 31.4 Å². The molecule has 0 amide bonds. The Kier molecular flexibility index (Phi) is 8.00. The molecule has 25 heavy (non-hydrogen) atoms. The number of nitrogens with two attached hydrogens (primary N) is 1. The highest BCUT2D eigenvalue weighted by molar-refractivity contribution is 8.14. The Hall–Kier alpha value is -1.80. The summed E-state index contributed by atoms with van der Waals surface area (Å²) in [5, 5.41) is 23.7. The fourth-order valence-electron chi connectivity index (χ4n) is 2.43. The zero-order chi connectivity index (χ0) is 18.1. The van der Waals surface area contributed by atoms with Crippen LogP contribution in [0.4, 0.5) is 0 Å². The monoisotopic (exact) mass is 377 g/mol. The first-order chi connectivity index (χ1) is 12.0. The van der Waals surface area contributed by atoms with Crippen LogP contribution in [0.1, 0.15) is 30.4 Å². The van der Waals surface area contributed by atoms with Crippen molar-refractivity contribution in [3.05, 3.63) is 47.7 Å². The van der Waals surface area contributed by atoms with Crippen LogP contribution < -0.4 is 5.73 Å². The van der Waals surface area contributed by atoms with Crippen molar-refractivity contribution < 1.29 is 4.42 Å². The van der Waals surface area contributed by atoms with Crippen LogP contribution in [-0.2, 0) is 19.3 Å². The molecular formula is C17H23N5OS2. The zero-order valence-corrected chi connectivity index (χ0v) is 15.8. The Morgan fingerprint density at radius 1 is 1.20 bits per heavy atom. The minimum Gasteiger partial charge on any atom is -0.428 e. The molecule has 0 radical (unpaired) electrons. The second-order valence-electron chi connectivity index (χ2n) is 5.65. The topological polar surface area (TPSA) is 113 Å². The summed E-state index contributed by atoms with van der Waals surface area (Å²) in [5.74, 6) is 1.47. The molecule has 6 nitrogen and oxygen atoms in total. The van der Waals surface area contributed by atoms with Gasteiger partial charge in [-0.3, -0.25) is 10.8 Å². The molecule has 2 aromatic rings. The molecule has 0 aliphatic carbocycles. The number of hydrogen-bond acceptors (Lipinski definition) is 7. The number of thioether (sulfide) groups is 2. The lowest BCUT2D eigenvalue weighted by Gasteiger charge is -2.15. The number of hydrogen-bond donors (Lipinski definition) is 3. The van der Waals surface area contributed by atoms with Crippen molar-refractivity contribution in [2.45, 2.75) is 37.9 Å². The van der Waals surface area contributed by atoms with Crippen LogP contribution in [0.2, 0.25) is 0 Å². The Morgan fingerprint density at radius 2 is 1.92 bits per heavy atom. The molecule has 2 rings (SSSR count). The van der Waals surface area contributed by atoms with Gasteiger partial charge in [-0.15, -0.1) is 22.0 Å². The van der Waals surface area contributed by atoms with Gasteiger partial charge in [-0.25, -0.2) is 0 Å². The molecule has 1 aromatic carbocycles. The van der Waals surface area contributed by atoms with Crippen LogP contribution >= 0.6 is 23.5 Å². The van der Waals surface area contributed by atoms with E-state index in [1.165, 1.54) is 29.3 Å². The minimum absolute atomic E-state index is 0.166. The van der Waals surface area contributed by atoms with E-state index in [2.05, 4.69) is 34.5 Å². The van der Waals surface area contributed by atoms with E-state index < -0.39 is 0 Å². The molecule has 1 atom stereocenters. The van der Waals surface area contributed by atoms with Gasteiger partial charge in [0.1, 0.15) is 0 Å². The average Bonchev–Trinajstić information content (AvgIpc) is 3.07. The smallest absolute Gasteiger partial charge is 0.216 e. The Morgan fingerprint density at radius 3 is 2.52 bits per heavy atom. The van der Waals surface area contributed by atoms with Crippen molar-refractivity contribution in [3.8, 4) is 0 Å². The first kappa shape index (κ1) is 19.5. The highest BCUT2D eigenvalue weighted by Crippen LogP contribution is 2.23. The van der Waals surface area contributed by atoms with Crippen molar-refractivity contribution in [1.29, 1.82) is 10.8 Å². The van der Waals surface area contributed by atoms with Gasteiger partial charge < -0.3 is 10.2 Å². The number of benzene rings is 1. The second kappa shape index (κ2) is 10.2. The molecule has 0 aliphatic rings. The normalized spacial score (nSPS) is 12.0. The van der Waals surface area contributed by atoms with Crippen LogP contribution in [0.5, 0.6) is 0 Å². The fraction of sp³-hybridized carbons (Fsp3) is 0.412. The summed E-state index contributed by atoms with van der Waals surface area (Å²) in [6, 6.07) is 8.56. The van der Waals surface area contributed by atoms with E-state index in [9.17, 15) is 0 Å².